The largest absolute Gasteiger partial charge is 0.462 e. The minimum atomic E-state index is -0.388. The molecule has 7 nitrogen and oxygen atoms in total. The number of ether oxygens (including phenoxy) is 1. The molecule has 2 amide bonds. The van der Waals surface area contributed by atoms with E-state index in [1.54, 1.807) is 49.8 Å². The number of carbonyl (C=O) groups excluding carboxylic acids is 2. The number of amides is 2. The fourth-order valence-corrected chi connectivity index (χ4v) is 2.26. The van der Waals surface area contributed by atoms with Gasteiger partial charge in [0.2, 0.25) is 0 Å². The smallest absolute Gasteiger partial charge is 0.338 e. The summed E-state index contributed by atoms with van der Waals surface area (Å²) in [7, 11) is 0. The molecule has 0 atom stereocenters. The number of urea groups is 1. The maximum absolute atomic E-state index is 12.1. The zero-order valence-electron chi connectivity index (χ0n) is 13.0. The van der Waals surface area contributed by atoms with Gasteiger partial charge in [0.05, 0.1) is 29.6 Å². The number of nitrogens with one attached hydrogen (secondary N) is 3. The number of carbonyl (C=O) groups is 2. The third-order valence-corrected chi connectivity index (χ3v) is 3.39. The SMILES string of the molecule is CCOC(=O)c1ccc(NC(=O)Nc2c[nH]c3cnccc23)cc1. The molecule has 3 N–H and O–H groups in total. The molecule has 2 aromatic heterocycles. The quantitative estimate of drug-likeness (QED) is 0.641. The minimum absolute atomic E-state index is 0.321. The van der Waals surface area contributed by atoms with Gasteiger partial charge in [-0.05, 0) is 37.3 Å². The zero-order chi connectivity index (χ0) is 16.9. The van der Waals surface area contributed by atoms with E-state index in [9.17, 15) is 9.59 Å². The first-order valence-electron chi connectivity index (χ1n) is 7.43. The monoisotopic (exact) mass is 324 g/mol. The summed E-state index contributed by atoms with van der Waals surface area (Å²) >= 11 is 0. The van der Waals surface area contributed by atoms with Crippen LogP contribution in [-0.4, -0.2) is 28.6 Å². The Morgan fingerprint density at radius 3 is 2.71 bits per heavy atom. The van der Waals surface area contributed by atoms with Crippen molar-refractivity contribution < 1.29 is 14.3 Å². The summed E-state index contributed by atoms with van der Waals surface area (Å²) in [6.45, 7) is 2.07. The van der Waals surface area contributed by atoms with Crippen molar-refractivity contribution in [2.45, 2.75) is 6.92 Å². The molecule has 0 aliphatic carbocycles. The molecule has 0 unspecified atom stereocenters. The lowest BCUT2D eigenvalue weighted by molar-refractivity contribution is 0.0526. The molecule has 3 aromatic rings. The van der Waals surface area contributed by atoms with Crippen molar-refractivity contribution in [3.8, 4) is 0 Å². The molecule has 0 saturated heterocycles. The molecule has 3 rings (SSSR count). The topological polar surface area (TPSA) is 96.1 Å². The highest BCUT2D eigenvalue weighted by Crippen LogP contribution is 2.22. The van der Waals surface area contributed by atoms with Gasteiger partial charge < -0.3 is 20.4 Å². The van der Waals surface area contributed by atoms with Crippen LogP contribution in [0.25, 0.3) is 10.9 Å². The van der Waals surface area contributed by atoms with Gasteiger partial charge in [-0.1, -0.05) is 0 Å². The molecule has 1 aromatic carbocycles. The number of nitrogens with zero attached hydrogens (tertiary/aromatic N) is 1. The van der Waals surface area contributed by atoms with Crippen LogP contribution < -0.4 is 10.6 Å². The Morgan fingerprint density at radius 2 is 1.96 bits per heavy atom. The van der Waals surface area contributed by atoms with Crippen LogP contribution in [0.15, 0.2) is 48.9 Å². The fraction of sp³-hybridized carbons (Fsp3) is 0.118. The molecule has 0 fully saturated rings. The van der Waals surface area contributed by atoms with Gasteiger partial charge in [-0.2, -0.15) is 0 Å². The average Bonchev–Trinajstić information content (AvgIpc) is 2.99. The van der Waals surface area contributed by atoms with E-state index in [1.807, 2.05) is 6.07 Å². The average molecular weight is 324 g/mol. The number of rotatable bonds is 4. The number of esters is 1. The number of hydrogen-bond acceptors (Lipinski definition) is 4. The van der Waals surface area contributed by atoms with E-state index < -0.39 is 0 Å². The van der Waals surface area contributed by atoms with E-state index in [4.69, 9.17) is 4.74 Å². The third kappa shape index (κ3) is 3.35. The third-order valence-electron chi connectivity index (χ3n) is 3.39. The first-order chi connectivity index (χ1) is 11.7. The van der Waals surface area contributed by atoms with Crippen LogP contribution in [0, 0.1) is 0 Å². The van der Waals surface area contributed by atoms with Crippen LogP contribution in [-0.2, 0) is 4.74 Å². The molecule has 0 spiro atoms. The van der Waals surface area contributed by atoms with Crippen LogP contribution in [0.5, 0.6) is 0 Å². The molecular formula is C17H16N4O3. The first-order valence-corrected chi connectivity index (χ1v) is 7.43. The summed E-state index contributed by atoms with van der Waals surface area (Å²) in [5.74, 6) is -0.388. The second-order valence-electron chi connectivity index (χ2n) is 5.00. The standard InChI is InChI=1S/C17H16N4O3/c1-2-24-16(22)11-3-5-12(6-4-11)20-17(23)21-15-10-19-14-9-18-8-7-13(14)15/h3-10,19H,2H2,1H3,(H2,20,21,23). The number of hydrogen-bond donors (Lipinski definition) is 3. The Labute approximate surface area is 138 Å². The predicted octanol–water partition coefficient (Wildman–Crippen LogP) is 3.38. The van der Waals surface area contributed by atoms with Gasteiger partial charge in [0, 0.05) is 23.5 Å². The predicted molar refractivity (Wildman–Crippen MR) is 91.1 cm³/mol. The van der Waals surface area contributed by atoms with Crippen molar-refractivity contribution in [3.05, 3.63) is 54.5 Å². The molecule has 7 heteroatoms. The first kappa shape index (κ1) is 15.5. The van der Waals surface area contributed by atoms with Crippen molar-refractivity contribution in [2.75, 3.05) is 17.2 Å². The molecule has 0 saturated carbocycles. The summed E-state index contributed by atoms with van der Waals surface area (Å²) < 4.78 is 4.91. The van der Waals surface area contributed by atoms with Crippen LogP contribution in [0.4, 0.5) is 16.2 Å². The normalized spacial score (nSPS) is 10.4. The summed E-state index contributed by atoms with van der Waals surface area (Å²) in [5, 5.41) is 6.35. The Morgan fingerprint density at radius 1 is 1.17 bits per heavy atom. The van der Waals surface area contributed by atoms with Crippen molar-refractivity contribution >= 4 is 34.3 Å². The lowest BCUT2D eigenvalue weighted by Gasteiger charge is -2.07. The molecule has 24 heavy (non-hydrogen) atoms. The van der Waals surface area contributed by atoms with Crippen LogP contribution >= 0.6 is 0 Å². The summed E-state index contributed by atoms with van der Waals surface area (Å²) in [6, 6.07) is 7.93. The van der Waals surface area contributed by atoms with Crippen molar-refractivity contribution in [2.24, 2.45) is 0 Å². The lowest BCUT2D eigenvalue weighted by atomic mass is 10.2. The van der Waals surface area contributed by atoms with Gasteiger partial charge >= 0.3 is 12.0 Å². The number of aromatic nitrogens is 2. The van der Waals surface area contributed by atoms with Gasteiger partial charge in [-0.3, -0.25) is 4.98 Å². The lowest BCUT2D eigenvalue weighted by Crippen LogP contribution is -2.19. The molecule has 0 bridgehead atoms. The summed E-state index contributed by atoms with van der Waals surface area (Å²) in [6.07, 6.45) is 5.05. The molecule has 0 aliphatic heterocycles. The van der Waals surface area contributed by atoms with E-state index in [-0.39, 0.29) is 12.0 Å². The van der Waals surface area contributed by atoms with E-state index in [0.29, 0.717) is 23.5 Å². The van der Waals surface area contributed by atoms with Crippen molar-refractivity contribution in [3.63, 3.8) is 0 Å². The van der Waals surface area contributed by atoms with Gasteiger partial charge in [-0.15, -0.1) is 0 Å². The Hall–Kier alpha value is -3.35. The number of fused-ring (bicyclic) bond motifs is 1. The van der Waals surface area contributed by atoms with Crippen molar-refractivity contribution in [1.82, 2.24) is 9.97 Å². The highest BCUT2D eigenvalue weighted by molar-refractivity contribution is 6.05. The minimum Gasteiger partial charge on any atom is -0.462 e. The van der Waals surface area contributed by atoms with Crippen LogP contribution in [0.2, 0.25) is 0 Å². The summed E-state index contributed by atoms with van der Waals surface area (Å²) in [4.78, 5) is 30.7. The molecule has 0 aliphatic rings. The van der Waals surface area contributed by atoms with E-state index in [1.165, 1.54) is 0 Å². The Balaban J connectivity index is 1.65. The number of pyridine rings is 1. The molecule has 0 radical (unpaired) electrons. The number of H-pyrrole nitrogens is 1. The molecule has 122 valence electrons. The Bertz CT molecular complexity index is 871. The number of anilines is 2. The van der Waals surface area contributed by atoms with Gasteiger partial charge in [0.15, 0.2) is 0 Å². The second kappa shape index (κ2) is 6.82. The molecule has 2 heterocycles. The number of benzene rings is 1. The van der Waals surface area contributed by atoms with Crippen molar-refractivity contribution in [1.29, 1.82) is 0 Å². The van der Waals surface area contributed by atoms with E-state index in [0.717, 1.165) is 10.9 Å². The highest BCUT2D eigenvalue weighted by Gasteiger charge is 2.09. The maximum Gasteiger partial charge on any atom is 0.338 e. The Kier molecular flexibility index (Phi) is 4.42. The molecular weight excluding hydrogens is 308 g/mol. The van der Waals surface area contributed by atoms with Gasteiger partial charge in [-0.25, -0.2) is 9.59 Å². The summed E-state index contributed by atoms with van der Waals surface area (Å²) in [5.41, 5.74) is 2.51. The van der Waals surface area contributed by atoms with Gasteiger partial charge in [0.1, 0.15) is 0 Å². The maximum atomic E-state index is 12.1. The second-order valence-corrected chi connectivity index (χ2v) is 5.00. The van der Waals surface area contributed by atoms with Gasteiger partial charge in [0.25, 0.3) is 0 Å². The zero-order valence-corrected chi connectivity index (χ0v) is 13.0. The van der Waals surface area contributed by atoms with Crippen LogP contribution in [0.3, 0.4) is 0 Å². The number of aromatic amines is 1. The van der Waals surface area contributed by atoms with E-state index in [2.05, 4.69) is 20.6 Å². The highest BCUT2D eigenvalue weighted by atomic mass is 16.5. The van der Waals surface area contributed by atoms with E-state index >= 15 is 0 Å². The van der Waals surface area contributed by atoms with Crippen LogP contribution in [0.1, 0.15) is 17.3 Å². The fourth-order valence-electron chi connectivity index (χ4n) is 2.26.